The fourth-order valence-corrected chi connectivity index (χ4v) is 3.69. The number of pyridine rings is 1. The van der Waals surface area contributed by atoms with Gasteiger partial charge in [0.1, 0.15) is 5.75 Å². The number of aromatic nitrogens is 1. The first-order valence-corrected chi connectivity index (χ1v) is 9.04. The maximum Gasteiger partial charge on any atom is 0.260 e. The van der Waals surface area contributed by atoms with Gasteiger partial charge in [0.15, 0.2) is 0 Å². The van der Waals surface area contributed by atoms with Gasteiger partial charge in [0, 0.05) is 23.8 Å². The summed E-state index contributed by atoms with van der Waals surface area (Å²) in [7, 11) is 0. The second-order valence-electron chi connectivity index (χ2n) is 6.97. The van der Waals surface area contributed by atoms with Crippen LogP contribution in [-0.2, 0) is 5.41 Å². The fourth-order valence-electron chi connectivity index (χ4n) is 3.69. The van der Waals surface area contributed by atoms with Crippen molar-refractivity contribution in [1.29, 1.82) is 0 Å². The van der Waals surface area contributed by atoms with Gasteiger partial charge in [-0.1, -0.05) is 32.0 Å². The number of rotatable bonds is 5. The zero-order chi connectivity index (χ0) is 18.0. The van der Waals surface area contributed by atoms with E-state index in [1.807, 2.05) is 30.9 Å². The van der Waals surface area contributed by atoms with Gasteiger partial charge in [-0.3, -0.25) is 9.78 Å². The van der Waals surface area contributed by atoms with Crippen molar-refractivity contribution in [2.45, 2.75) is 52.1 Å². The first-order chi connectivity index (χ1) is 12.0. The van der Waals surface area contributed by atoms with Gasteiger partial charge >= 0.3 is 0 Å². The van der Waals surface area contributed by atoms with Gasteiger partial charge in [-0.25, -0.2) is 0 Å². The molecule has 3 rings (SSSR count). The van der Waals surface area contributed by atoms with E-state index in [0.29, 0.717) is 17.9 Å². The summed E-state index contributed by atoms with van der Waals surface area (Å²) < 4.78 is 5.69. The van der Waals surface area contributed by atoms with Crippen LogP contribution in [-0.4, -0.2) is 23.5 Å². The minimum Gasteiger partial charge on any atom is -0.489 e. The molecule has 2 heterocycles. The first kappa shape index (κ1) is 17.5. The zero-order valence-corrected chi connectivity index (χ0v) is 15.5. The molecule has 1 aliphatic heterocycles. The summed E-state index contributed by atoms with van der Waals surface area (Å²) >= 11 is 0. The van der Waals surface area contributed by atoms with E-state index >= 15 is 0 Å². The third-order valence-corrected chi connectivity index (χ3v) is 5.16. The van der Waals surface area contributed by atoms with Crippen LogP contribution >= 0.6 is 0 Å². The van der Waals surface area contributed by atoms with Crippen LogP contribution in [0.4, 0.5) is 5.69 Å². The average molecular weight is 338 g/mol. The number of nitrogens with zero attached hydrogens (tertiary/aromatic N) is 2. The number of hydrogen-bond acceptors (Lipinski definition) is 3. The lowest BCUT2D eigenvalue weighted by Gasteiger charge is -2.27. The Morgan fingerprint density at radius 3 is 2.64 bits per heavy atom. The Kier molecular flexibility index (Phi) is 4.80. The van der Waals surface area contributed by atoms with Crippen molar-refractivity contribution in [1.82, 2.24) is 4.98 Å². The Morgan fingerprint density at radius 1 is 1.24 bits per heavy atom. The molecule has 2 aromatic rings. The van der Waals surface area contributed by atoms with Crippen LogP contribution in [0.5, 0.6) is 5.75 Å². The van der Waals surface area contributed by atoms with Crippen LogP contribution in [0, 0.1) is 0 Å². The Labute approximate surface area is 149 Å². The molecule has 0 bridgehead atoms. The highest BCUT2D eigenvalue weighted by Crippen LogP contribution is 2.45. The number of carbonyl (C=O) groups excluding carboxylic acids is 1. The molecule has 1 aromatic carbocycles. The molecule has 132 valence electrons. The van der Waals surface area contributed by atoms with Gasteiger partial charge in [0.25, 0.3) is 5.91 Å². The molecule has 1 aromatic heterocycles. The smallest absolute Gasteiger partial charge is 0.260 e. The summed E-state index contributed by atoms with van der Waals surface area (Å²) in [6.07, 6.45) is 5.35. The molecule has 0 saturated heterocycles. The largest absolute Gasteiger partial charge is 0.489 e. The van der Waals surface area contributed by atoms with Crippen molar-refractivity contribution in [2.75, 3.05) is 11.4 Å². The van der Waals surface area contributed by atoms with Gasteiger partial charge in [0.2, 0.25) is 0 Å². The lowest BCUT2D eigenvalue weighted by atomic mass is 9.78. The number of amides is 1. The lowest BCUT2D eigenvalue weighted by Crippen LogP contribution is -2.36. The number of benzene rings is 1. The predicted octanol–water partition coefficient (Wildman–Crippen LogP) is 4.59. The summed E-state index contributed by atoms with van der Waals surface area (Å²) in [4.78, 5) is 19.3. The highest BCUT2D eigenvalue weighted by molar-refractivity contribution is 6.07. The van der Waals surface area contributed by atoms with E-state index < -0.39 is 0 Å². The lowest BCUT2D eigenvalue weighted by molar-refractivity contribution is 0.0983. The second kappa shape index (κ2) is 6.87. The van der Waals surface area contributed by atoms with E-state index in [0.717, 1.165) is 18.5 Å². The Balaban J connectivity index is 1.96. The molecule has 4 heteroatoms. The number of fused-ring (bicyclic) bond motifs is 1. The molecule has 0 fully saturated rings. The standard InChI is InChI=1S/C21H26N2O2/c1-5-21(6-2)14-23(19-10-8-7-9-18(19)21)20(24)16-11-17(13-22-12-16)25-15(3)4/h7-13,15H,5-6,14H2,1-4H3. The SMILES string of the molecule is CCC1(CC)CN(C(=O)c2cncc(OC(C)C)c2)c2ccccc21. The molecule has 0 spiro atoms. The van der Waals surface area contributed by atoms with Crippen LogP contribution in [0.3, 0.4) is 0 Å². The topological polar surface area (TPSA) is 42.4 Å². The molecule has 0 aliphatic carbocycles. The van der Waals surface area contributed by atoms with Gasteiger partial charge in [-0.2, -0.15) is 0 Å². The molecule has 0 unspecified atom stereocenters. The van der Waals surface area contributed by atoms with Crippen LogP contribution in [0.15, 0.2) is 42.7 Å². The van der Waals surface area contributed by atoms with Gasteiger partial charge in [0.05, 0.1) is 17.9 Å². The van der Waals surface area contributed by atoms with E-state index in [-0.39, 0.29) is 17.4 Å². The fraction of sp³-hybridized carbons (Fsp3) is 0.429. The third kappa shape index (κ3) is 3.13. The van der Waals surface area contributed by atoms with Crippen LogP contribution in [0.25, 0.3) is 0 Å². The first-order valence-electron chi connectivity index (χ1n) is 9.04. The van der Waals surface area contributed by atoms with Crippen molar-refractivity contribution in [3.05, 3.63) is 53.9 Å². The number of hydrogen-bond donors (Lipinski definition) is 0. The molecule has 0 atom stereocenters. The van der Waals surface area contributed by atoms with E-state index in [4.69, 9.17) is 4.74 Å². The predicted molar refractivity (Wildman–Crippen MR) is 100 cm³/mol. The Hall–Kier alpha value is -2.36. The highest BCUT2D eigenvalue weighted by Gasteiger charge is 2.42. The van der Waals surface area contributed by atoms with E-state index in [1.165, 1.54) is 5.56 Å². The Bertz CT molecular complexity index is 766. The van der Waals surface area contributed by atoms with Crippen molar-refractivity contribution >= 4 is 11.6 Å². The van der Waals surface area contributed by atoms with Crippen LogP contribution in [0.2, 0.25) is 0 Å². The van der Waals surface area contributed by atoms with Gasteiger partial charge < -0.3 is 9.64 Å². The van der Waals surface area contributed by atoms with Crippen molar-refractivity contribution in [3.8, 4) is 5.75 Å². The Morgan fingerprint density at radius 2 is 1.96 bits per heavy atom. The summed E-state index contributed by atoms with van der Waals surface area (Å²) in [5, 5.41) is 0. The van der Waals surface area contributed by atoms with E-state index in [1.54, 1.807) is 18.5 Å². The van der Waals surface area contributed by atoms with Crippen LogP contribution in [0.1, 0.15) is 56.5 Å². The molecule has 0 radical (unpaired) electrons. The normalized spacial score (nSPS) is 15.3. The summed E-state index contributed by atoms with van der Waals surface area (Å²) in [5.74, 6) is 0.614. The average Bonchev–Trinajstić information content (AvgIpc) is 2.96. The second-order valence-corrected chi connectivity index (χ2v) is 6.97. The van der Waals surface area contributed by atoms with Crippen molar-refractivity contribution < 1.29 is 9.53 Å². The molecule has 1 amide bonds. The monoisotopic (exact) mass is 338 g/mol. The maximum absolute atomic E-state index is 13.2. The van der Waals surface area contributed by atoms with Gasteiger partial charge in [-0.15, -0.1) is 0 Å². The van der Waals surface area contributed by atoms with E-state index in [9.17, 15) is 4.79 Å². The number of carbonyl (C=O) groups is 1. The summed E-state index contributed by atoms with van der Waals surface area (Å²) in [6, 6.07) is 10.0. The molecule has 0 N–H and O–H groups in total. The quantitative estimate of drug-likeness (QED) is 0.801. The number of para-hydroxylation sites is 1. The number of anilines is 1. The minimum atomic E-state index is -0.0158. The highest BCUT2D eigenvalue weighted by atomic mass is 16.5. The molecular formula is C21H26N2O2. The summed E-state index contributed by atoms with van der Waals surface area (Å²) in [5.41, 5.74) is 2.89. The summed E-state index contributed by atoms with van der Waals surface area (Å²) in [6.45, 7) is 9.04. The number of ether oxygens (including phenoxy) is 1. The molecule has 0 saturated carbocycles. The minimum absolute atomic E-state index is 0.0158. The molecular weight excluding hydrogens is 312 g/mol. The van der Waals surface area contributed by atoms with E-state index in [2.05, 4.69) is 31.0 Å². The molecule has 1 aliphatic rings. The third-order valence-electron chi connectivity index (χ3n) is 5.16. The van der Waals surface area contributed by atoms with Crippen LogP contribution < -0.4 is 9.64 Å². The molecule has 4 nitrogen and oxygen atoms in total. The molecule has 25 heavy (non-hydrogen) atoms. The van der Waals surface area contributed by atoms with Crippen molar-refractivity contribution in [3.63, 3.8) is 0 Å². The van der Waals surface area contributed by atoms with Gasteiger partial charge in [-0.05, 0) is 44.4 Å². The van der Waals surface area contributed by atoms with Crippen molar-refractivity contribution in [2.24, 2.45) is 0 Å². The maximum atomic E-state index is 13.2. The zero-order valence-electron chi connectivity index (χ0n) is 15.5.